The molecule has 0 bridgehead atoms. The Bertz CT molecular complexity index is 1010. The number of benzene rings is 1. The normalized spacial score (nSPS) is 11.4. The third-order valence-electron chi connectivity index (χ3n) is 3.52. The van der Waals surface area contributed by atoms with Gasteiger partial charge in [-0.1, -0.05) is 12.1 Å². The topological polar surface area (TPSA) is 134 Å². The molecule has 0 aliphatic carbocycles. The van der Waals surface area contributed by atoms with Crippen LogP contribution in [0.25, 0.3) is 11.3 Å². The fourth-order valence-electron chi connectivity index (χ4n) is 2.34. The highest BCUT2D eigenvalue weighted by Gasteiger charge is 2.15. The van der Waals surface area contributed by atoms with Crippen LogP contribution in [0.5, 0.6) is 0 Å². The maximum Gasteiger partial charge on any atom is 0.340 e. The molecule has 0 aliphatic heterocycles. The van der Waals surface area contributed by atoms with E-state index < -0.39 is 16.1 Å². The van der Waals surface area contributed by atoms with E-state index in [9.17, 15) is 13.2 Å². The number of aromatic nitrogens is 3. The van der Waals surface area contributed by atoms with Gasteiger partial charge in [0.15, 0.2) is 0 Å². The van der Waals surface area contributed by atoms with Crippen LogP contribution in [0.15, 0.2) is 53.7 Å². The first kappa shape index (κ1) is 16.8. The molecule has 9 heteroatoms. The molecule has 8 nitrogen and oxygen atoms in total. The Morgan fingerprint density at radius 1 is 1.12 bits per heavy atom. The number of hydrogen-bond acceptors (Lipinski definition) is 5. The summed E-state index contributed by atoms with van der Waals surface area (Å²) in [6.07, 6.45) is 6.45. The molecule has 0 fully saturated rings. The summed E-state index contributed by atoms with van der Waals surface area (Å²) in [6, 6.07) is 8.91. The molecule has 1 amide bonds. The first-order valence-corrected chi connectivity index (χ1v) is 8.72. The van der Waals surface area contributed by atoms with E-state index >= 15 is 0 Å². The lowest BCUT2D eigenvalue weighted by atomic mass is 10.0. The number of primary amides is 1. The van der Waals surface area contributed by atoms with Gasteiger partial charge in [0.2, 0.25) is 10.0 Å². The standard InChI is InChI=1S/C16H14N5O3S/c17-16(22)21-10-13(15(20-21)12-5-7-19-8-6-12)9-11-1-3-14(4-2-11)25(18,23)24/h1-8H,9H2,(H2,17,22)(H2,18,23,24). The SMILES string of the molecule is NC(=O)n1[c]c(Cc2ccc(S(N)(=O)=O)cc2)c(-c2ccncc2)n1. The van der Waals surface area contributed by atoms with E-state index in [-0.39, 0.29) is 4.90 Å². The van der Waals surface area contributed by atoms with Gasteiger partial charge in [-0.3, -0.25) is 4.98 Å². The van der Waals surface area contributed by atoms with Crippen LogP contribution in [-0.2, 0) is 16.4 Å². The van der Waals surface area contributed by atoms with E-state index in [1.165, 1.54) is 12.1 Å². The predicted octanol–water partition coefficient (Wildman–Crippen LogP) is 0.910. The van der Waals surface area contributed by atoms with Crippen molar-refractivity contribution >= 4 is 16.1 Å². The lowest BCUT2D eigenvalue weighted by Gasteiger charge is -2.04. The van der Waals surface area contributed by atoms with Gasteiger partial charge in [-0.25, -0.2) is 18.4 Å². The highest BCUT2D eigenvalue weighted by molar-refractivity contribution is 7.89. The maximum atomic E-state index is 11.4. The summed E-state index contributed by atoms with van der Waals surface area (Å²) in [4.78, 5) is 15.4. The van der Waals surface area contributed by atoms with Crippen LogP contribution >= 0.6 is 0 Å². The molecule has 3 rings (SSSR count). The summed E-state index contributed by atoms with van der Waals surface area (Å²) in [5.74, 6) is 0. The van der Waals surface area contributed by atoms with Crippen molar-refractivity contribution in [3.63, 3.8) is 0 Å². The second-order valence-corrected chi connectivity index (χ2v) is 6.85. The van der Waals surface area contributed by atoms with E-state index in [2.05, 4.69) is 16.3 Å². The van der Waals surface area contributed by atoms with Gasteiger partial charge in [-0.15, -0.1) is 0 Å². The van der Waals surface area contributed by atoms with E-state index in [4.69, 9.17) is 10.9 Å². The first-order chi connectivity index (χ1) is 11.8. The van der Waals surface area contributed by atoms with Crippen LogP contribution in [0.3, 0.4) is 0 Å². The van der Waals surface area contributed by atoms with Crippen LogP contribution in [0, 0.1) is 6.20 Å². The lowest BCUT2D eigenvalue weighted by Crippen LogP contribution is -2.20. The molecule has 1 aromatic carbocycles. The van der Waals surface area contributed by atoms with Crippen molar-refractivity contribution in [1.29, 1.82) is 0 Å². The van der Waals surface area contributed by atoms with Gasteiger partial charge < -0.3 is 5.73 Å². The van der Waals surface area contributed by atoms with E-state index in [1.807, 2.05) is 0 Å². The monoisotopic (exact) mass is 356 g/mol. The average molecular weight is 356 g/mol. The summed E-state index contributed by atoms with van der Waals surface area (Å²) in [6.45, 7) is 0. The molecular formula is C16H14N5O3S. The van der Waals surface area contributed by atoms with E-state index in [0.717, 1.165) is 15.8 Å². The third kappa shape index (κ3) is 3.73. The van der Waals surface area contributed by atoms with Crippen molar-refractivity contribution in [2.24, 2.45) is 10.9 Å². The van der Waals surface area contributed by atoms with Crippen molar-refractivity contribution in [3.05, 3.63) is 66.1 Å². The summed E-state index contributed by atoms with van der Waals surface area (Å²) in [5, 5.41) is 9.27. The van der Waals surface area contributed by atoms with Crippen LogP contribution in [0.1, 0.15) is 11.1 Å². The predicted molar refractivity (Wildman–Crippen MR) is 89.9 cm³/mol. The molecule has 0 spiro atoms. The summed E-state index contributed by atoms with van der Waals surface area (Å²) in [7, 11) is -3.74. The fourth-order valence-corrected chi connectivity index (χ4v) is 2.85. The average Bonchev–Trinajstić information content (AvgIpc) is 2.99. The molecule has 2 heterocycles. The van der Waals surface area contributed by atoms with Gasteiger partial charge in [0.05, 0.1) is 10.6 Å². The Labute approximate surface area is 144 Å². The smallest absolute Gasteiger partial charge is 0.340 e. The number of sulfonamides is 1. The number of carbonyl (C=O) groups excluding carboxylic acids is 1. The Balaban J connectivity index is 1.98. The van der Waals surface area contributed by atoms with Crippen molar-refractivity contribution in [1.82, 2.24) is 14.8 Å². The fraction of sp³-hybridized carbons (Fsp3) is 0.0625. The molecule has 0 unspecified atom stereocenters. The number of hydrogen-bond donors (Lipinski definition) is 2. The quantitative estimate of drug-likeness (QED) is 0.716. The molecule has 1 radical (unpaired) electrons. The highest BCUT2D eigenvalue weighted by atomic mass is 32.2. The molecular weight excluding hydrogens is 342 g/mol. The second-order valence-electron chi connectivity index (χ2n) is 5.29. The number of carbonyl (C=O) groups is 1. The maximum absolute atomic E-state index is 11.4. The minimum atomic E-state index is -3.74. The van der Waals surface area contributed by atoms with Crippen molar-refractivity contribution < 1.29 is 13.2 Å². The Kier molecular flexibility index (Phi) is 4.34. The number of amides is 1. The highest BCUT2D eigenvalue weighted by Crippen LogP contribution is 2.23. The molecule has 4 N–H and O–H groups in total. The zero-order chi connectivity index (χ0) is 18.0. The van der Waals surface area contributed by atoms with Crippen LogP contribution < -0.4 is 10.9 Å². The van der Waals surface area contributed by atoms with Crippen molar-refractivity contribution in [2.75, 3.05) is 0 Å². The number of nitrogens with two attached hydrogens (primary N) is 2. The first-order valence-electron chi connectivity index (χ1n) is 7.18. The number of pyridine rings is 1. The zero-order valence-corrected chi connectivity index (χ0v) is 13.8. The lowest BCUT2D eigenvalue weighted by molar-refractivity contribution is 0.247. The molecule has 0 saturated carbocycles. The zero-order valence-electron chi connectivity index (χ0n) is 13.0. The molecule has 3 aromatic rings. The Morgan fingerprint density at radius 3 is 2.32 bits per heavy atom. The van der Waals surface area contributed by atoms with Crippen molar-refractivity contribution in [2.45, 2.75) is 11.3 Å². The molecule has 0 aliphatic rings. The molecule has 2 aromatic heterocycles. The molecule has 0 atom stereocenters. The van der Waals surface area contributed by atoms with Crippen molar-refractivity contribution in [3.8, 4) is 11.3 Å². The number of rotatable bonds is 4. The Hall–Kier alpha value is -3.04. The number of nitrogens with zero attached hydrogens (tertiary/aromatic N) is 3. The van der Waals surface area contributed by atoms with Crippen LogP contribution in [0.4, 0.5) is 4.79 Å². The van der Waals surface area contributed by atoms with Gasteiger partial charge in [0.1, 0.15) is 6.20 Å². The van der Waals surface area contributed by atoms with E-state index in [1.54, 1.807) is 36.7 Å². The van der Waals surface area contributed by atoms with Gasteiger partial charge in [-0.05, 0) is 29.8 Å². The minimum absolute atomic E-state index is 0.0300. The number of primary sulfonamides is 1. The second kappa shape index (κ2) is 6.46. The summed E-state index contributed by atoms with van der Waals surface area (Å²) in [5.41, 5.74) is 8.05. The molecule has 127 valence electrons. The van der Waals surface area contributed by atoms with Gasteiger partial charge in [-0.2, -0.15) is 9.78 Å². The largest absolute Gasteiger partial charge is 0.350 e. The molecule has 25 heavy (non-hydrogen) atoms. The van der Waals surface area contributed by atoms with E-state index in [0.29, 0.717) is 17.7 Å². The minimum Gasteiger partial charge on any atom is -0.350 e. The van der Waals surface area contributed by atoms with Gasteiger partial charge in [0, 0.05) is 29.9 Å². The Morgan fingerprint density at radius 2 is 1.76 bits per heavy atom. The summed E-state index contributed by atoms with van der Waals surface area (Å²) >= 11 is 0. The van der Waals surface area contributed by atoms with Gasteiger partial charge >= 0.3 is 6.03 Å². The third-order valence-corrected chi connectivity index (χ3v) is 4.45. The van der Waals surface area contributed by atoms with Gasteiger partial charge in [0.25, 0.3) is 0 Å². The van der Waals surface area contributed by atoms with Crippen LogP contribution in [0.2, 0.25) is 0 Å². The van der Waals surface area contributed by atoms with Crippen LogP contribution in [-0.4, -0.2) is 29.2 Å². The molecule has 0 saturated heterocycles. The summed E-state index contributed by atoms with van der Waals surface area (Å²) < 4.78 is 23.6.